The monoisotopic (exact) mass is 358 g/mol. The molecule has 0 aliphatic carbocycles. The molecule has 1 aromatic heterocycles. The normalized spacial score (nSPS) is 13.5. The highest BCUT2D eigenvalue weighted by atomic mass is 32.1. The Morgan fingerprint density at radius 3 is 2.76 bits per heavy atom. The number of anilines is 1. The van der Waals surface area contributed by atoms with E-state index in [4.69, 9.17) is 9.47 Å². The Balaban J connectivity index is 1.54. The minimum absolute atomic E-state index is 0.0364. The van der Waals surface area contributed by atoms with Crippen LogP contribution in [0.2, 0.25) is 0 Å². The van der Waals surface area contributed by atoms with E-state index in [0.29, 0.717) is 35.4 Å². The molecule has 2 aromatic carbocycles. The lowest BCUT2D eigenvalue weighted by atomic mass is 10.1. The van der Waals surface area contributed by atoms with Gasteiger partial charge in [0, 0.05) is 18.6 Å². The number of thiazole rings is 1. The van der Waals surface area contributed by atoms with E-state index in [1.54, 1.807) is 18.2 Å². The van der Waals surface area contributed by atoms with Gasteiger partial charge in [-0.1, -0.05) is 29.5 Å². The summed E-state index contributed by atoms with van der Waals surface area (Å²) in [7, 11) is 0. The number of carbonyl (C=O) groups is 1. The molecule has 25 heavy (non-hydrogen) atoms. The first-order valence-corrected chi connectivity index (χ1v) is 8.74. The largest absolute Gasteiger partial charge is 0.490 e. The molecule has 5 nitrogen and oxygen atoms in total. The summed E-state index contributed by atoms with van der Waals surface area (Å²) >= 11 is 1.35. The number of halogens is 1. The predicted molar refractivity (Wildman–Crippen MR) is 94.0 cm³/mol. The van der Waals surface area contributed by atoms with E-state index in [2.05, 4.69) is 10.3 Å². The van der Waals surface area contributed by atoms with Crippen molar-refractivity contribution in [3.05, 3.63) is 47.8 Å². The zero-order chi connectivity index (χ0) is 17.2. The quantitative estimate of drug-likeness (QED) is 0.774. The molecule has 1 aliphatic heterocycles. The first-order valence-electron chi connectivity index (χ1n) is 7.92. The summed E-state index contributed by atoms with van der Waals surface area (Å²) in [5.41, 5.74) is 1.09. The Bertz CT molecular complexity index is 898. The SMILES string of the molecule is O=C(Cc1ccccc1F)Nc1nc2cc3c(cc2s1)OCCCO3. The lowest BCUT2D eigenvalue weighted by Gasteiger charge is -2.05. The highest BCUT2D eigenvalue weighted by Crippen LogP contribution is 2.37. The topological polar surface area (TPSA) is 60.5 Å². The first kappa shape index (κ1) is 15.8. The molecule has 0 bridgehead atoms. The first-order chi connectivity index (χ1) is 12.2. The van der Waals surface area contributed by atoms with Gasteiger partial charge in [-0.05, 0) is 11.6 Å². The second-order valence-electron chi connectivity index (χ2n) is 5.65. The maximum absolute atomic E-state index is 13.6. The van der Waals surface area contributed by atoms with Crippen LogP contribution >= 0.6 is 11.3 Å². The van der Waals surface area contributed by atoms with E-state index in [1.165, 1.54) is 17.4 Å². The molecule has 0 fully saturated rings. The highest BCUT2D eigenvalue weighted by molar-refractivity contribution is 7.22. The Hall–Kier alpha value is -2.67. The minimum Gasteiger partial charge on any atom is -0.490 e. The molecule has 0 radical (unpaired) electrons. The molecule has 3 aromatic rings. The fraction of sp³-hybridized carbons (Fsp3) is 0.222. The van der Waals surface area contributed by atoms with Crippen LogP contribution in [0.15, 0.2) is 36.4 Å². The van der Waals surface area contributed by atoms with Crippen molar-refractivity contribution in [1.29, 1.82) is 0 Å². The molecule has 0 spiro atoms. The van der Waals surface area contributed by atoms with Gasteiger partial charge in [0.1, 0.15) is 5.82 Å². The van der Waals surface area contributed by atoms with E-state index in [-0.39, 0.29) is 18.1 Å². The molecule has 2 heterocycles. The number of aromatic nitrogens is 1. The van der Waals surface area contributed by atoms with Crippen LogP contribution in [0.25, 0.3) is 10.2 Å². The molecular formula is C18H15FN2O3S. The van der Waals surface area contributed by atoms with E-state index < -0.39 is 0 Å². The summed E-state index contributed by atoms with van der Waals surface area (Å²) < 4.78 is 25.8. The lowest BCUT2D eigenvalue weighted by Crippen LogP contribution is -2.14. The number of nitrogens with one attached hydrogen (secondary N) is 1. The molecule has 7 heteroatoms. The van der Waals surface area contributed by atoms with Gasteiger partial charge in [-0.2, -0.15) is 0 Å². The molecule has 0 saturated carbocycles. The van der Waals surface area contributed by atoms with E-state index in [0.717, 1.165) is 16.6 Å². The summed E-state index contributed by atoms with van der Waals surface area (Å²) in [6, 6.07) is 9.93. The molecule has 0 atom stereocenters. The number of hydrogen-bond acceptors (Lipinski definition) is 5. The van der Waals surface area contributed by atoms with Gasteiger partial charge in [0.05, 0.1) is 29.9 Å². The molecule has 0 saturated heterocycles. The lowest BCUT2D eigenvalue weighted by molar-refractivity contribution is -0.115. The van der Waals surface area contributed by atoms with Crippen LogP contribution in [0.3, 0.4) is 0 Å². The van der Waals surface area contributed by atoms with Crippen LogP contribution in [-0.4, -0.2) is 24.1 Å². The van der Waals surface area contributed by atoms with Gasteiger partial charge < -0.3 is 14.8 Å². The molecular weight excluding hydrogens is 343 g/mol. The average molecular weight is 358 g/mol. The highest BCUT2D eigenvalue weighted by Gasteiger charge is 2.16. The maximum Gasteiger partial charge on any atom is 0.230 e. The van der Waals surface area contributed by atoms with Gasteiger partial charge in [-0.3, -0.25) is 4.79 Å². The van der Waals surface area contributed by atoms with Gasteiger partial charge in [0.15, 0.2) is 16.6 Å². The maximum atomic E-state index is 13.6. The van der Waals surface area contributed by atoms with E-state index in [9.17, 15) is 9.18 Å². The molecule has 0 unspecified atom stereocenters. The van der Waals surface area contributed by atoms with Gasteiger partial charge in [-0.15, -0.1) is 0 Å². The Labute approximate surface area is 147 Å². The Morgan fingerprint density at radius 2 is 1.96 bits per heavy atom. The smallest absolute Gasteiger partial charge is 0.230 e. The van der Waals surface area contributed by atoms with Crippen molar-refractivity contribution in [3.8, 4) is 11.5 Å². The molecule has 1 aliphatic rings. The van der Waals surface area contributed by atoms with Gasteiger partial charge >= 0.3 is 0 Å². The zero-order valence-corrected chi connectivity index (χ0v) is 14.1. The summed E-state index contributed by atoms with van der Waals surface area (Å²) in [6.07, 6.45) is 0.804. The van der Waals surface area contributed by atoms with Crippen molar-refractivity contribution in [2.24, 2.45) is 0 Å². The van der Waals surface area contributed by atoms with Gasteiger partial charge in [-0.25, -0.2) is 9.37 Å². The average Bonchev–Trinajstić information content (AvgIpc) is 2.82. The van der Waals surface area contributed by atoms with Crippen molar-refractivity contribution < 1.29 is 18.7 Å². The number of carbonyl (C=O) groups excluding carboxylic acids is 1. The number of benzene rings is 2. The van der Waals surface area contributed by atoms with E-state index >= 15 is 0 Å². The number of amides is 1. The van der Waals surface area contributed by atoms with Crippen LogP contribution in [0.1, 0.15) is 12.0 Å². The van der Waals surface area contributed by atoms with E-state index in [1.807, 2.05) is 12.1 Å². The third-order valence-electron chi connectivity index (χ3n) is 3.81. The fourth-order valence-corrected chi connectivity index (χ4v) is 3.51. The third kappa shape index (κ3) is 3.41. The predicted octanol–water partition coefficient (Wildman–Crippen LogP) is 3.78. The van der Waals surface area contributed by atoms with Crippen LogP contribution in [-0.2, 0) is 11.2 Å². The third-order valence-corrected chi connectivity index (χ3v) is 4.75. The van der Waals surface area contributed by atoms with Gasteiger partial charge in [0.2, 0.25) is 5.91 Å². The van der Waals surface area contributed by atoms with Crippen molar-refractivity contribution >= 4 is 32.6 Å². The summed E-state index contributed by atoms with van der Waals surface area (Å²) in [4.78, 5) is 16.6. The molecule has 1 amide bonds. The number of rotatable bonds is 3. The second-order valence-corrected chi connectivity index (χ2v) is 6.68. The number of hydrogen-bond donors (Lipinski definition) is 1. The number of nitrogens with zero attached hydrogens (tertiary/aromatic N) is 1. The molecule has 128 valence electrons. The fourth-order valence-electron chi connectivity index (χ4n) is 2.62. The number of ether oxygens (including phenoxy) is 2. The number of fused-ring (bicyclic) bond motifs is 2. The molecule has 1 N–H and O–H groups in total. The van der Waals surface area contributed by atoms with Crippen molar-refractivity contribution in [3.63, 3.8) is 0 Å². The van der Waals surface area contributed by atoms with Crippen LogP contribution in [0, 0.1) is 5.82 Å². The van der Waals surface area contributed by atoms with Gasteiger partial charge in [0.25, 0.3) is 0 Å². The Morgan fingerprint density at radius 1 is 1.20 bits per heavy atom. The van der Waals surface area contributed by atoms with Crippen molar-refractivity contribution in [2.45, 2.75) is 12.8 Å². The van der Waals surface area contributed by atoms with Crippen LogP contribution in [0.5, 0.6) is 11.5 Å². The Kier molecular flexibility index (Phi) is 4.23. The standard InChI is InChI=1S/C18H15FN2O3S/c19-12-5-2-1-4-11(12)8-17(22)21-18-20-13-9-14-15(10-16(13)25-18)24-7-3-6-23-14/h1-2,4-5,9-10H,3,6-8H2,(H,20,21,22). The zero-order valence-electron chi connectivity index (χ0n) is 13.3. The minimum atomic E-state index is -0.389. The summed E-state index contributed by atoms with van der Waals surface area (Å²) in [6.45, 7) is 1.22. The van der Waals surface area contributed by atoms with Crippen molar-refractivity contribution in [1.82, 2.24) is 4.98 Å². The second kappa shape index (κ2) is 6.68. The summed E-state index contributed by atoms with van der Waals surface area (Å²) in [5, 5.41) is 3.20. The van der Waals surface area contributed by atoms with Crippen molar-refractivity contribution in [2.75, 3.05) is 18.5 Å². The van der Waals surface area contributed by atoms with Crippen LogP contribution in [0.4, 0.5) is 9.52 Å². The van der Waals surface area contributed by atoms with Crippen LogP contribution < -0.4 is 14.8 Å². The summed E-state index contributed by atoms with van der Waals surface area (Å²) in [5.74, 6) is 0.663. The molecule has 4 rings (SSSR count).